The first-order valence-corrected chi connectivity index (χ1v) is 4.03. The van der Waals surface area contributed by atoms with Crippen molar-refractivity contribution < 1.29 is 4.55 Å². The van der Waals surface area contributed by atoms with Gasteiger partial charge in [0.15, 0.2) is 0 Å². The first-order chi connectivity index (χ1) is 4.72. The molecule has 1 aromatic rings. The van der Waals surface area contributed by atoms with Crippen LogP contribution in [-0.4, -0.2) is 4.55 Å². The zero-order valence-corrected chi connectivity index (χ0v) is 7.17. The molecule has 0 radical (unpaired) electrons. The maximum atomic E-state index is 8.59. The lowest BCUT2D eigenvalue weighted by atomic mass is 10.4. The fourth-order valence-corrected chi connectivity index (χ4v) is 1.60. The van der Waals surface area contributed by atoms with Crippen molar-refractivity contribution in [2.75, 3.05) is 0 Å². The summed E-state index contributed by atoms with van der Waals surface area (Å²) in [6.07, 6.45) is 0. The van der Waals surface area contributed by atoms with Crippen molar-refractivity contribution in [3.05, 3.63) is 28.2 Å². The Morgan fingerprint density at radius 1 is 1.10 bits per heavy atom. The van der Waals surface area contributed by atoms with Crippen LogP contribution in [0.25, 0.3) is 0 Å². The maximum Gasteiger partial charge on any atom is 0.0432 e. The van der Waals surface area contributed by atoms with Gasteiger partial charge in [-0.3, -0.25) is 0 Å². The fraction of sp³-hybridized carbons (Fsp3) is 0. The van der Waals surface area contributed by atoms with E-state index < -0.39 is 0 Å². The van der Waals surface area contributed by atoms with Gasteiger partial charge < -0.3 is 4.55 Å². The Morgan fingerprint density at radius 3 is 2.00 bits per heavy atom. The first kappa shape index (κ1) is 8.21. The van der Waals surface area contributed by atoms with Gasteiger partial charge in [0.25, 0.3) is 0 Å². The standard InChI is InChI=1S/C6H4Cl2OS/c7-4-1-5(8)3-6(2-4)10-9/h1-3,9H. The lowest BCUT2D eigenvalue weighted by Gasteiger charge is -1.95. The van der Waals surface area contributed by atoms with E-state index in [9.17, 15) is 0 Å². The fourth-order valence-electron chi connectivity index (χ4n) is 0.581. The van der Waals surface area contributed by atoms with Gasteiger partial charge in [0.05, 0.1) is 0 Å². The van der Waals surface area contributed by atoms with E-state index in [0.29, 0.717) is 27.0 Å². The molecule has 0 saturated carbocycles. The Balaban J connectivity index is 3.06. The summed E-state index contributed by atoms with van der Waals surface area (Å²) in [6, 6.07) is 4.89. The van der Waals surface area contributed by atoms with Gasteiger partial charge in [-0.05, 0) is 18.2 Å². The van der Waals surface area contributed by atoms with Crippen LogP contribution in [0.5, 0.6) is 0 Å². The molecule has 0 aliphatic heterocycles. The first-order valence-electron chi connectivity index (χ1n) is 2.50. The Kier molecular flexibility index (Phi) is 2.86. The van der Waals surface area contributed by atoms with E-state index in [1.54, 1.807) is 18.2 Å². The lowest BCUT2D eigenvalue weighted by Crippen LogP contribution is -1.70. The molecule has 0 aliphatic carbocycles. The Hall–Kier alpha value is 0.110. The zero-order chi connectivity index (χ0) is 7.56. The van der Waals surface area contributed by atoms with Crippen LogP contribution in [0.4, 0.5) is 0 Å². The molecule has 0 amide bonds. The molecule has 0 heterocycles. The van der Waals surface area contributed by atoms with Crippen LogP contribution in [0.2, 0.25) is 10.0 Å². The minimum atomic E-state index is 0.532. The molecule has 0 fully saturated rings. The molecule has 1 nitrogen and oxygen atoms in total. The average Bonchev–Trinajstić information content (AvgIpc) is 1.85. The minimum absolute atomic E-state index is 0.532. The maximum absolute atomic E-state index is 8.59. The van der Waals surface area contributed by atoms with Crippen LogP contribution < -0.4 is 0 Å². The molecule has 10 heavy (non-hydrogen) atoms. The van der Waals surface area contributed by atoms with Crippen molar-refractivity contribution in [3.63, 3.8) is 0 Å². The summed E-state index contributed by atoms with van der Waals surface area (Å²) < 4.78 is 8.59. The molecule has 0 unspecified atom stereocenters. The van der Waals surface area contributed by atoms with E-state index in [1.165, 1.54) is 0 Å². The molecule has 0 bridgehead atoms. The molecule has 0 aromatic heterocycles. The highest BCUT2D eigenvalue weighted by atomic mass is 35.5. The minimum Gasteiger partial charge on any atom is -0.325 e. The summed E-state index contributed by atoms with van der Waals surface area (Å²) in [4.78, 5) is 0.650. The molecule has 0 aliphatic rings. The molecular weight excluding hydrogens is 191 g/mol. The van der Waals surface area contributed by atoms with Gasteiger partial charge in [0.1, 0.15) is 0 Å². The molecule has 0 spiro atoms. The van der Waals surface area contributed by atoms with Crippen LogP contribution in [0.3, 0.4) is 0 Å². The molecule has 54 valence electrons. The zero-order valence-electron chi connectivity index (χ0n) is 4.84. The summed E-state index contributed by atoms with van der Waals surface area (Å²) >= 11 is 11.9. The van der Waals surface area contributed by atoms with Gasteiger partial charge in [-0.2, -0.15) is 0 Å². The van der Waals surface area contributed by atoms with E-state index in [-0.39, 0.29) is 0 Å². The van der Waals surface area contributed by atoms with E-state index >= 15 is 0 Å². The number of rotatable bonds is 1. The average molecular weight is 195 g/mol. The summed E-state index contributed by atoms with van der Waals surface area (Å²) in [5.74, 6) is 0. The number of hydrogen-bond donors (Lipinski definition) is 1. The quantitative estimate of drug-likeness (QED) is 0.691. The second-order valence-corrected chi connectivity index (χ2v) is 3.22. The van der Waals surface area contributed by atoms with Crippen molar-refractivity contribution in [1.29, 1.82) is 0 Å². The predicted molar refractivity (Wildman–Crippen MR) is 44.9 cm³/mol. The smallest absolute Gasteiger partial charge is 0.0432 e. The predicted octanol–water partition coefficient (Wildman–Crippen LogP) is 3.56. The Labute approximate surface area is 73.2 Å². The summed E-state index contributed by atoms with van der Waals surface area (Å²) in [5.41, 5.74) is 0. The van der Waals surface area contributed by atoms with Crippen LogP contribution in [0.1, 0.15) is 0 Å². The van der Waals surface area contributed by atoms with Crippen molar-refractivity contribution in [2.24, 2.45) is 0 Å². The monoisotopic (exact) mass is 194 g/mol. The summed E-state index contributed by atoms with van der Waals surface area (Å²) in [6.45, 7) is 0. The molecule has 1 N–H and O–H groups in total. The van der Waals surface area contributed by atoms with Crippen LogP contribution in [0, 0.1) is 0 Å². The molecule has 4 heteroatoms. The normalized spacial score (nSPS) is 9.90. The van der Waals surface area contributed by atoms with E-state index in [1.807, 2.05) is 0 Å². The van der Waals surface area contributed by atoms with Crippen molar-refractivity contribution in [2.45, 2.75) is 4.90 Å². The highest BCUT2D eigenvalue weighted by Crippen LogP contribution is 2.24. The van der Waals surface area contributed by atoms with Gasteiger partial charge in [0, 0.05) is 27.0 Å². The Bertz CT molecular complexity index is 219. The highest BCUT2D eigenvalue weighted by Gasteiger charge is 1.96. The Morgan fingerprint density at radius 2 is 1.60 bits per heavy atom. The summed E-state index contributed by atoms with van der Waals surface area (Å²) in [5, 5.41) is 1.06. The SMILES string of the molecule is OSc1cc(Cl)cc(Cl)c1. The van der Waals surface area contributed by atoms with Gasteiger partial charge in [0.2, 0.25) is 0 Å². The van der Waals surface area contributed by atoms with Gasteiger partial charge in [-0.25, -0.2) is 0 Å². The van der Waals surface area contributed by atoms with Crippen LogP contribution in [0.15, 0.2) is 23.1 Å². The van der Waals surface area contributed by atoms with Crippen molar-refractivity contribution in [1.82, 2.24) is 0 Å². The molecular formula is C6H4Cl2OS. The number of halogens is 2. The highest BCUT2D eigenvalue weighted by molar-refractivity contribution is 7.93. The van der Waals surface area contributed by atoms with Gasteiger partial charge in [-0.15, -0.1) is 0 Å². The molecule has 1 aromatic carbocycles. The van der Waals surface area contributed by atoms with Crippen molar-refractivity contribution in [3.8, 4) is 0 Å². The largest absolute Gasteiger partial charge is 0.325 e. The lowest BCUT2D eigenvalue weighted by molar-refractivity contribution is 0.664. The van der Waals surface area contributed by atoms with Gasteiger partial charge >= 0.3 is 0 Å². The van der Waals surface area contributed by atoms with E-state index in [2.05, 4.69) is 0 Å². The second kappa shape index (κ2) is 3.49. The third-order valence-corrected chi connectivity index (χ3v) is 1.82. The van der Waals surface area contributed by atoms with E-state index in [0.717, 1.165) is 0 Å². The third kappa shape index (κ3) is 2.06. The summed E-state index contributed by atoms with van der Waals surface area (Å²) in [7, 11) is 0. The van der Waals surface area contributed by atoms with E-state index in [4.69, 9.17) is 27.8 Å². The molecule has 0 saturated heterocycles. The van der Waals surface area contributed by atoms with Crippen LogP contribution in [-0.2, 0) is 0 Å². The number of hydrogen-bond acceptors (Lipinski definition) is 2. The number of benzene rings is 1. The molecule has 1 rings (SSSR count). The molecule has 0 atom stereocenters. The second-order valence-electron chi connectivity index (χ2n) is 1.70. The van der Waals surface area contributed by atoms with Crippen molar-refractivity contribution >= 4 is 35.2 Å². The van der Waals surface area contributed by atoms with Gasteiger partial charge in [-0.1, -0.05) is 23.2 Å². The topological polar surface area (TPSA) is 20.2 Å². The van der Waals surface area contributed by atoms with Crippen LogP contribution >= 0.6 is 35.2 Å². The third-order valence-electron chi connectivity index (χ3n) is 0.941.